The van der Waals surface area contributed by atoms with Crippen molar-refractivity contribution in [1.82, 2.24) is 5.32 Å². The topological polar surface area (TPSA) is 58.6 Å². The highest BCUT2D eigenvalue weighted by molar-refractivity contribution is 5.95. The molecule has 0 aliphatic carbocycles. The van der Waals surface area contributed by atoms with E-state index in [-0.39, 0.29) is 18.6 Å². The molecule has 0 heterocycles. The highest BCUT2D eigenvalue weighted by atomic mass is 16.5. The second-order valence-corrected chi connectivity index (χ2v) is 3.74. The van der Waals surface area contributed by atoms with E-state index < -0.39 is 0 Å². The fraction of sp³-hybridized carbons (Fsp3) is 0.417. The van der Waals surface area contributed by atoms with Crippen molar-refractivity contribution in [1.29, 1.82) is 0 Å². The molecule has 1 aromatic carbocycles. The number of amides is 1. The van der Waals surface area contributed by atoms with E-state index in [0.29, 0.717) is 5.56 Å². The van der Waals surface area contributed by atoms with E-state index in [9.17, 15) is 4.79 Å². The van der Waals surface area contributed by atoms with E-state index in [1.807, 2.05) is 6.92 Å². The third-order valence-electron chi connectivity index (χ3n) is 2.33. The van der Waals surface area contributed by atoms with E-state index >= 15 is 0 Å². The van der Waals surface area contributed by atoms with Crippen molar-refractivity contribution in [3.63, 3.8) is 0 Å². The van der Waals surface area contributed by atoms with Crippen molar-refractivity contribution in [3.8, 4) is 5.75 Å². The highest BCUT2D eigenvalue weighted by Crippen LogP contribution is 2.16. The van der Waals surface area contributed by atoms with Crippen molar-refractivity contribution < 1.29 is 14.6 Å². The normalized spacial score (nSPS) is 12.0. The van der Waals surface area contributed by atoms with Gasteiger partial charge < -0.3 is 15.2 Å². The molecule has 0 aromatic heterocycles. The maximum Gasteiger partial charge on any atom is 0.251 e. The third-order valence-corrected chi connectivity index (χ3v) is 2.33. The number of aliphatic hydroxyl groups excluding tert-OH is 1. The maximum atomic E-state index is 11.8. The first-order chi connectivity index (χ1) is 7.58. The molecule has 0 aliphatic rings. The lowest BCUT2D eigenvalue weighted by atomic mass is 10.1. The molecule has 1 atom stereocenters. The van der Waals surface area contributed by atoms with E-state index in [2.05, 4.69) is 5.32 Å². The summed E-state index contributed by atoms with van der Waals surface area (Å²) in [5.41, 5.74) is 1.45. The standard InChI is InChI=1S/C12H17NO3/c1-8-6-10(16-3)4-5-11(8)12(15)13-9(2)7-14/h4-6,9,14H,7H2,1-3H3,(H,13,15). The van der Waals surface area contributed by atoms with Gasteiger partial charge in [0.25, 0.3) is 5.91 Å². The average Bonchev–Trinajstić information content (AvgIpc) is 2.28. The number of benzene rings is 1. The van der Waals surface area contributed by atoms with Gasteiger partial charge in [0.1, 0.15) is 5.75 Å². The predicted molar refractivity (Wildman–Crippen MR) is 61.7 cm³/mol. The van der Waals surface area contributed by atoms with Crippen molar-refractivity contribution >= 4 is 5.91 Å². The monoisotopic (exact) mass is 223 g/mol. The Bertz CT molecular complexity index is 377. The number of aryl methyl sites for hydroxylation is 1. The van der Waals surface area contributed by atoms with Crippen LogP contribution in [0, 0.1) is 6.92 Å². The van der Waals surface area contributed by atoms with Crippen molar-refractivity contribution in [2.45, 2.75) is 19.9 Å². The van der Waals surface area contributed by atoms with Gasteiger partial charge >= 0.3 is 0 Å². The fourth-order valence-corrected chi connectivity index (χ4v) is 1.37. The Hall–Kier alpha value is -1.55. The minimum atomic E-state index is -0.242. The van der Waals surface area contributed by atoms with Gasteiger partial charge in [-0.15, -0.1) is 0 Å². The van der Waals surface area contributed by atoms with Crippen LogP contribution in [0.15, 0.2) is 18.2 Å². The molecule has 1 unspecified atom stereocenters. The number of nitrogens with one attached hydrogen (secondary N) is 1. The molecule has 4 nitrogen and oxygen atoms in total. The average molecular weight is 223 g/mol. The molecule has 2 N–H and O–H groups in total. The predicted octanol–water partition coefficient (Wildman–Crippen LogP) is 1.11. The summed E-state index contributed by atoms with van der Waals surface area (Å²) in [6, 6.07) is 5.02. The van der Waals surface area contributed by atoms with Crippen LogP contribution in [0.3, 0.4) is 0 Å². The summed E-state index contributed by atoms with van der Waals surface area (Å²) in [6.07, 6.45) is 0. The minimum absolute atomic E-state index is 0.0685. The zero-order chi connectivity index (χ0) is 12.1. The van der Waals surface area contributed by atoms with Crippen molar-refractivity contribution in [3.05, 3.63) is 29.3 Å². The van der Waals surface area contributed by atoms with Crippen LogP contribution in [0.25, 0.3) is 0 Å². The Morgan fingerprint density at radius 2 is 2.25 bits per heavy atom. The molecule has 4 heteroatoms. The molecule has 88 valence electrons. The van der Waals surface area contributed by atoms with Crippen LogP contribution >= 0.6 is 0 Å². The number of carbonyl (C=O) groups is 1. The Morgan fingerprint density at radius 1 is 1.56 bits per heavy atom. The molecule has 1 rings (SSSR count). The molecule has 0 saturated heterocycles. The molecule has 0 saturated carbocycles. The summed E-state index contributed by atoms with van der Waals surface area (Å²) in [5.74, 6) is 0.547. The first-order valence-corrected chi connectivity index (χ1v) is 5.15. The van der Waals surface area contributed by atoms with Crippen LogP contribution < -0.4 is 10.1 Å². The number of hydrogen-bond acceptors (Lipinski definition) is 3. The number of rotatable bonds is 4. The molecule has 0 fully saturated rings. The molecule has 16 heavy (non-hydrogen) atoms. The van der Waals surface area contributed by atoms with Gasteiger partial charge in [0.15, 0.2) is 0 Å². The third kappa shape index (κ3) is 2.97. The molecule has 0 radical (unpaired) electrons. The molecule has 0 bridgehead atoms. The van der Waals surface area contributed by atoms with E-state index in [0.717, 1.165) is 11.3 Å². The molecular weight excluding hydrogens is 206 g/mol. The SMILES string of the molecule is COc1ccc(C(=O)NC(C)CO)c(C)c1. The lowest BCUT2D eigenvalue weighted by Gasteiger charge is -2.12. The second-order valence-electron chi connectivity index (χ2n) is 3.74. The molecule has 0 spiro atoms. The quantitative estimate of drug-likeness (QED) is 0.804. The summed E-state index contributed by atoms with van der Waals surface area (Å²) in [7, 11) is 1.59. The molecule has 1 amide bonds. The highest BCUT2D eigenvalue weighted by Gasteiger charge is 2.11. The van der Waals surface area contributed by atoms with Gasteiger partial charge in [-0.3, -0.25) is 4.79 Å². The van der Waals surface area contributed by atoms with Crippen LogP contribution in [0.1, 0.15) is 22.8 Å². The van der Waals surface area contributed by atoms with E-state index in [1.165, 1.54) is 0 Å². The summed E-state index contributed by atoms with van der Waals surface area (Å²) in [4.78, 5) is 11.8. The van der Waals surface area contributed by atoms with Gasteiger partial charge in [-0.1, -0.05) is 0 Å². The number of ether oxygens (including phenoxy) is 1. The summed E-state index contributed by atoms with van der Waals surface area (Å²) in [5, 5.41) is 11.5. The lowest BCUT2D eigenvalue weighted by molar-refractivity contribution is 0.0921. The van der Waals surface area contributed by atoms with Crippen LogP contribution in [0.4, 0.5) is 0 Å². The van der Waals surface area contributed by atoms with Gasteiger partial charge in [-0.25, -0.2) is 0 Å². The number of hydrogen-bond donors (Lipinski definition) is 2. The van der Waals surface area contributed by atoms with Gasteiger partial charge in [0.2, 0.25) is 0 Å². The Labute approximate surface area is 95.2 Å². The van der Waals surface area contributed by atoms with Gasteiger partial charge in [-0.05, 0) is 37.6 Å². The number of methoxy groups -OCH3 is 1. The van der Waals surface area contributed by atoms with Gasteiger partial charge in [-0.2, -0.15) is 0 Å². The second kappa shape index (κ2) is 5.51. The molecular formula is C12H17NO3. The van der Waals surface area contributed by atoms with Crippen molar-refractivity contribution in [2.75, 3.05) is 13.7 Å². The molecule has 1 aromatic rings. The fourth-order valence-electron chi connectivity index (χ4n) is 1.37. The Balaban J connectivity index is 2.84. The lowest BCUT2D eigenvalue weighted by Crippen LogP contribution is -2.35. The van der Waals surface area contributed by atoms with Gasteiger partial charge in [0, 0.05) is 11.6 Å². The van der Waals surface area contributed by atoms with Crippen LogP contribution in [0.2, 0.25) is 0 Å². The summed E-state index contributed by atoms with van der Waals surface area (Å²) >= 11 is 0. The van der Waals surface area contributed by atoms with E-state index in [1.54, 1.807) is 32.2 Å². The number of aliphatic hydroxyl groups is 1. The van der Waals surface area contributed by atoms with Crippen LogP contribution in [0.5, 0.6) is 5.75 Å². The zero-order valence-electron chi connectivity index (χ0n) is 9.78. The minimum Gasteiger partial charge on any atom is -0.497 e. The zero-order valence-corrected chi connectivity index (χ0v) is 9.78. The molecule has 0 aliphatic heterocycles. The Kier molecular flexibility index (Phi) is 4.31. The van der Waals surface area contributed by atoms with Crippen molar-refractivity contribution in [2.24, 2.45) is 0 Å². The largest absolute Gasteiger partial charge is 0.497 e. The maximum absolute atomic E-state index is 11.8. The summed E-state index contributed by atoms with van der Waals surface area (Å²) < 4.78 is 5.06. The van der Waals surface area contributed by atoms with E-state index in [4.69, 9.17) is 9.84 Å². The smallest absolute Gasteiger partial charge is 0.251 e. The summed E-state index contributed by atoms with van der Waals surface area (Å²) in [6.45, 7) is 3.53. The van der Waals surface area contributed by atoms with Crippen LogP contribution in [-0.4, -0.2) is 30.8 Å². The first-order valence-electron chi connectivity index (χ1n) is 5.15. The number of carbonyl (C=O) groups excluding carboxylic acids is 1. The van der Waals surface area contributed by atoms with Gasteiger partial charge in [0.05, 0.1) is 13.7 Å². The first kappa shape index (κ1) is 12.5. The van der Waals surface area contributed by atoms with Crippen LogP contribution in [-0.2, 0) is 0 Å². The Morgan fingerprint density at radius 3 is 2.75 bits per heavy atom.